The second-order valence-electron chi connectivity index (χ2n) is 6.14. The highest BCUT2D eigenvalue weighted by molar-refractivity contribution is 7.92. The van der Waals surface area contributed by atoms with Crippen molar-refractivity contribution in [3.8, 4) is 0 Å². The molecule has 0 fully saturated rings. The lowest BCUT2D eigenvalue weighted by atomic mass is 10.2. The highest BCUT2D eigenvalue weighted by Gasteiger charge is 2.31. The molecular weight excluding hydrogens is 459 g/mol. The van der Waals surface area contributed by atoms with E-state index in [2.05, 4.69) is 9.71 Å². The van der Waals surface area contributed by atoms with Gasteiger partial charge < -0.3 is 0 Å². The van der Waals surface area contributed by atoms with Gasteiger partial charge in [0.15, 0.2) is 9.84 Å². The molecule has 0 unspecified atom stereocenters. The summed E-state index contributed by atoms with van der Waals surface area (Å²) in [6.45, 7) is 1.03. The maximum atomic E-state index is 13.6. The number of sulfonamides is 1. The zero-order valence-electron chi connectivity index (χ0n) is 15.0. The number of pyridine rings is 1. The van der Waals surface area contributed by atoms with Crippen molar-refractivity contribution in [3.63, 3.8) is 0 Å². The van der Waals surface area contributed by atoms with Crippen LogP contribution in [0.1, 0.15) is 16.4 Å². The van der Waals surface area contributed by atoms with Gasteiger partial charge in [0.25, 0.3) is 0 Å². The average Bonchev–Trinajstić information content (AvgIpc) is 3.12. The van der Waals surface area contributed by atoms with Crippen LogP contribution in [-0.2, 0) is 19.9 Å². The smallest absolute Gasteiger partial charge is 0.250 e. The van der Waals surface area contributed by atoms with E-state index in [1.165, 1.54) is 37.5 Å². The number of sulfone groups is 1. The van der Waals surface area contributed by atoms with Crippen LogP contribution in [0, 0.1) is 12.7 Å². The van der Waals surface area contributed by atoms with Crippen LogP contribution >= 0.6 is 22.9 Å². The number of hydrogen-bond donors (Lipinski definition) is 1. The molecule has 0 radical (unpaired) electrons. The molecule has 0 bridgehead atoms. The predicted octanol–water partition coefficient (Wildman–Crippen LogP) is 3.74. The zero-order chi connectivity index (χ0) is 21.2. The topological polar surface area (TPSA) is 93.2 Å². The molecule has 3 rings (SSSR count). The Morgan fingerprint density at radius 3 is 2.52 bits per heavy atom. The summed E-state index contributed by atoms with van der Waals surface area (Å²) >= 11 is 6.66. The fourth-order valence-corrected chi connectivity index (χ4v) is 7.04. The largest absolute Gasteiger partial charge is 0.264 e. The summed E-state index contributed by atoms with van der Waals surface area (Å²) in [5.74, 6) is -0.530. The third kappa shape index (κ3) is 4.84. The number of hydrogen-bond acceptors (Lipinski definition) is 6. The van der Waals surface area contributed by atoms with Crippen molar-refractivity contribution in [3.05, 3.63) is 76.1 Å². The first-order valence-electron chi connectivity index (χ1n) is 8.26. The fraction of sp³-hybridized carbons (Fsp3) is 0.167. The number of nitrogens with one attached hydrogen (secondary N) is 1. The van der Waals surface area contributed by atoms with Crippen molar-refractivity contribution >= 4 is 42.8 Å². The Bertz CT molecular complexity index is 1230. The number of thiophene rings is 1. The van der Waals surface area contributed by atoms with Gasteiger partial charge in [-0.2, -0.15) is 0 Å². The molecule has 1 aromatic carbocycles. The van der Waals surface area contributed by atoms with Crippen molar-refractivity contribution in [1.29, 1.82) is 0 Å². The first kappa shape index (κ1) is 21.8. The van der Waals surface area contributed by atoms with Crippen LogP contribution < -0.4 is 4.72 Å². The van der Waals surface area contributed by atoms with Gasteiger partial charge in [-0.25, -0.2) is 25.9 Å². The Labute approximate surface area is 177 Å². The van der Waals surface area contributed by atoms with E-state index in [4.69, 9.17) is 11.6 Å². The summed E-state index contributed by atoms with van der Waals surface area (Å²) in [6, 6.07) is 9.34. The molecule has 0 amide bonds. The first-order chi connectivity index (χ1) is 13.6. The third-order valence-corrected chi connectivity index (χ3v) is 9.41. The SMILES string of the molecule is Cc1cc(S(=O)(=O)[C@@H](CNS(=O)(=O)c2ccc(Cl)s2)c2cccnc2)ccc1F. The fourth-order valence-electron chi connectivity index (χ4n) is 2.63. The number of nitrogens with zero attached hydrogens (tertiary/aromatic N) is 1. The minimum atomic E-state index is -4.05. The second-order valence-corrected chi connectivity index (χ2v) is 12.0. The molecular formula is C18H16ClFN2O4S3. The summed E-state index contributed by atoms with van der Waals surface area (Å²) < 4.78 is 67.7. The average molecular weight is 475 g/mol. The van der Waals surface area contributed by atoms with Crippen molar-refractivity contribution in [2.45, 2.75) is 21.3 Å². The number of aromatic nitrogens is 1. The highest BCUT2D eigenvalue weighted by atomic mass is 35.5. The van der Waals surface area contributed by atoms with Crippen molar-refractivity contribution in [1.82, 2.24) is 9.71 Å². The summed E-state index contributed by atoms with van der Waals surface area (Å²) in [5.41, 5.74) is 0.478. The number of benzene rings is 1. The Hall–Kier alpha value is -1.85. The van der Waals surface area contributed by atoms with E-state index in [0.717, 1.165) is 23.5 Å². The van der Waals surface area contributed by atoms with E-state index >= 15 is 0 Å². The molecule has 29 heavy (non-hydrogen) atoms. The zero-order valence-corrected chi connectivity index (χ0v) is 18.2. The molecule has 0 saturated carbocycles. The summed E-state index contributed by atoms with van der Waals surface area (Å²) in [4.78, 5) is 3.83. The number of halogens is 2. The summed E-state index contributed by atoms with van der Waals surface area (Å²) in [6.07, 6.45) is 2.84. The van der Waals surface area contributed by atoms with Crippen molar-refractivity contribution < 1.29 is 21.2 Å². The van der Waals surface area contributed by atoms with Crippen LogP contribution in [0.15, 0.2) is 64.0 Å². The Balaban J connectivity index is 1.98. The van der Waals surface area contributed by atoms with E-state index in [1.807, 2.05) is 0 Å². The summed E-state index contributed by atoms with van der Waals surface area (Å²) in [7, 11) is -8.01. The van der Waals surface area contributed by atoms with E-state index in [9.17, 15) is 21.2 Å². The van der Waals surface area contributed by atoms with Crippen LogP contribution in [0.3, 0.4) is 0 Å². The standard InChI is InChI=1S/C18H16ClFN2O4S3/c1-12-9-14(4-5-15(12)20)28(23,24)16(13-3-2-8-21-10-13)11-22-29(25,26)18-7-6-17(19)27-18/h2-10,16,22H,11H2,1H3/t16-/m0/s1. The minimum Gasteiger partial charge on any atom is -0.264 e. The molecule has 154 valence electrons. The number of rotatable bonds is 7. The van der Waals surface area contributed by atoms with Crippen LogP contribution in [0.25, 0.3) is 0 Å². The molecule has 0 aliphatic rings. The van der Waals surface area contributed by atoms with Gasteiger partial charge in [0.05, 0.1) is 9.23 Å². The number of aryl methyl sites for hydroxylation is 1. The molecule has 6 nitrogen and oxygen atoms in total. The normalized spacial score (nSPS) is 13.3. The van der Waals surface area contributed by atoms with Gasteiger partial charge in [-0.15, -0.1) is 11.3 Å². The lowest BCUT2D eigenvalue weighted by Gasteiger charge is -2.19. The van der Waals surface area contributed by atoms with Gasteiger partial charge >= 0.3 is 0 Å². The minimum absolute atomic E-state index is 0.0255. The van der Waals surface area contributed by atoms with Crippen LogP contribution in [0.2, 0.25) is 4.34 Å². The molecule has 1 N–H and O–H groups in total. The van der Waals surface area contributed by atoms with Gasteiger partial charge in [0.2, 0.25) is 10.0 Å². The van der Waals surface area contributed by atoms with Crippen molar-refractivity contribution in [2.24, 2.45) is 0 Å². The maximum Gasteiger partial charge on any atom is 0.250 e. The van der Waals surface area contributed by atoms with E-state index in [1.54, 1.807) is 12.1 Å². The van der Waals surface area contributed by atoms with Gasteiger partial charge in [-0.3, -0.25) is 4.98 Å². The molecule has 11 heteroatoms. The lowest BCUT2D eigenvalue weighted by molar-refractivity contribution is 0.569. The monoisotopic (exact) mass is 474 g/mol. The predicted molar refractivity (Wildman–Crippen MR) is 110 cm³/mol. The molecule has 0 aliphatic heterocycles. The first-order valence-corrected chi connectivity index (χ1v) is 12.5. The molecule has 0 aliphatic carbocycles. The molecule has 0 saturated heterocycles. The maximum absolute atomic E-state index is 13.6. The van der Waals surface area contributed by atoms with Gasteiger partial charge in [-0.05, 0) is 54.4 Å². The molecule has 2 aromatic heterocycles. The van der Waals surface area contributed by atoms with E-state index in [-0.39, 0.29) is 14.7 Å². The highest BCUT2D eigenvalue weighted by Crippen LogP contribution is 2.30. The Morgan fingerprint density at radius 1 is 1.17 bits per heavy atom. The third-order valence-electron chi connectivity index (χ3n) is 4.16. The van der Waals surface area contributed by atoms with Gasteiger partial charge in [0, 0.05) is 18.9 Å². The molecule has 3 aromatic rings. The summed E-state index contributed by atoms with van der Waals surface area (Å²) in [5, 5.41) is -1.26. The van der Waals surface area contributed by atoms with E-state index < -0.39 is 37.5 Å². The Kier molecular flexibility index (Phi) is 6.39. The van der Waals surface area contributed by atoms with Crippen LogP contribution in [0.5, 0.6) is 0 Å². The van der Waals surface area contributed by atoms with Crippen LogP contribution in [-0.4, -0.2) is 28.4 Å². The lowest BCUT2D eigenvalue weighted by Crippen LogP contribution is -2.31. The van der Waals surface area contributed by atoms with Crippen molar-refractivity contribution in [2.75, 3.05) is 6.54 Å². The second kappa shape index (κ2) is 8.49. The molecule has 1 atom stereocenters. The van der Waals surface area contributed by atoms with Gasteiger partial charge in [-0.1, -0.05) is 17.7 Å². The Morgan fingerprint density at radius 2 is 1.93 bits per heavy atom. The molecule has 2 heterocycles. The van der Waals surface area contributed by atoms with Gasteiger partial charge in [0.1, 0.15) is 15.3 Å². The van der Waals surface area contributed by atoms with E-state index in [0.29, 0.717) is 9.90 Å². The van der Waals surface area contributed by atoms with Crippen LogP contribution in [0.4, 0.5) is 4.39 Å². The molecule has 0 spiro atoms. The quantitative estimate of drug-likeness (QED) is 0.526.